The van der Waals surface area contributed by atoms with E-state index in [1.54, 1.807) is 0 Å². The van der Waals surface area contributed by atoms with Gasteiger partial charge in [-0.1, -0.05) is 27.7 Å². The van der Waals surface area contributed by atoms with E-state index < -0.39 is 0 Å². The first-order chi connectivity index (χ1) is 8.96. The summed E-state index contributed by atoms with van der Waals surface area (Å²) in [5.74, 6) is 0.851. The maximum Gasteiger partial charge on any atom is 0.0156 e. The van der Waals surface area contributed by atoms with Crippen LogP contribution in [0.1, 0.15) is 59.8 Å². The molecule has 2 unspecified atom stereocenters. The highest BCUT2D eigenvalue weighted by atomic mass is 15.2. The molecule has 1 heterocycles. The molecule has 1 aliphatic carbocycles. The molecule has 1 saturated carbocycles. The summed E-state index contributed by atoms with van der Waals surface area (Å²) in [4.78, 5) is 2.75. The summed E-state index contributed by atoms with van der Waals surface area (Å²) in [5, 5.41) is 3.60. The van der Waals surface area contributed by atoms with E-state index >= 15 is 0 Å². The van der Waals surface area contributed by atoms with Crippen molar-refractivity contribution >= 4 is 0 Å². The molecule has 2 heteroatoms. The Morgan fingerprint density at radius 2 is 1.84 bits per heavy atom. The highest BCUT2D eigenvalue weighted by Crippen LogP contribution is 2.43. The summed E-state index contributed by atoms with van der Waals surface area (Å²) in [5.41, 5.74) is 1.11. The lowest BCUT2D eigenvalue weighted by atomic mass is 9.82. The van der Waals surface area contributed by atoms with Crippen LogP contribution in [0.4, 0.5) is 0 Å². The molecule has 0 amide bonds. The fourth-order valence-corrected chi connectivity index (χ4v) is 4.68. The van der Waals surface area contributed by atoms with Crippen LogP contribution in [0, 0.1) is 16.7 Å². The third-order valence-electron chi connectivity index (χ3n) is 6.29. The second-order valence-electron chi connectivity index (χ2n) is 7.75. The Kier molecular flexibility index (Phi) is 4.62. The SMILES string of the molecule is CCC1(CC)CCN(CC2CCC(C)(C)C2NC)C1. The van der Waals surface area contributed by atoms with Crippen LogP contribution >= 0.6 is 0 Å². The second kappa shape index (κ2) is 5.73. The predicted molar refractivity (Wildman–Crippen MR) is 83.4 cm³/mol. The molecular weight excluding hydrogens is 232 g/mol. The van der Waals surface area contributed by atoms with E-state index in [0.29, 0.717) is 16.9 Å². The van der Waals surface area contributed by atoms with E-state index in [1.165, 1.54) is 51.7 Å². The van der Waals surface area contributed by atoms with Gasteiger partial charge in [0.2, 0.25) is 0 Å². The third-order valence-corrected chi connectivity index (χ3v) is 6.29. The van der Waals surface area contributed by atoms with E-state index in [2.05, 4.69) is 45.0 Å². The fraction of sp³-hybridized carbons (Fsp3) is 1.00. The molecule has 2 atom stereocenters. The van der Waals surface area contributed by atoms with Crippen LogP contribution in [0.3, 0.4) is 0 Å². The van der Waals surface area contributed by atoms with E-state index in [1.807, 2.05) is 0 Å². The van der Waals surface area contributed by atoms with Gasteiger partial charge in [0.25, 0.3) is 0 Å². The molecule has 2 aliphatic rings. The summed E-state index contributed by atoms with van der Waals surface area (Å²) in [6, 6.07) is 0.700. The van der Waals surface area contributed by atoms with Crippen LogP contribution in [0.25, 0.3) is 0 Å². The van der Waals surface area contributed by atoms with Gasteiger partial charge in [-0.3, -0.25) is 0 Å². The normalized spacial score (nSPS) is 33.9. The smallest absolute Gasteiger partial charge is 0.0156 e. The largest absolute Gasteiger partial charge is 0.316 e. The molecule has 1 N–H and O–H groups in total. The van der Waals surface area contributed by atoms with E-state index in [0.717, 1.165) is 5.92 Å². The first-order valence-electron chi connectivity index (χ1n) is 8.36. The summed E-state index contributed by atoms with van der Waals surface area (Å²) in [6.45, 7) is 13.6. The van der Waals surface area contributed by atoms with Gasteiger partial charge < -0.3 is 10.2 Å². The third kappa shape index (κ3) is 3.00. The van der Waals surface area contributed by atoms with Crippen LogP contribution in [0.15, 0.2) is 0 Å². The van der Waals surface area contributed by atoms with Gasteiger partial charge >= 0.3 is 0 Å². The molecular formula is C17H34N2. The van der Waals surface area contributed by atoms with Crippen LogP contribution in [-0.2, 0) is 0 Å². The Morgan fingerprint density at radius 3 is 2.37 bits per heavy atom. The Hall–Kier alpha value is -0.0800. The monoisotopic (exact) mass is 266 g/mol. The van der Waals surface area contributed by atoms with Crippen molar-refractivity contribution in [2.75, 3.05) is 26.7 Å². The number of nitrogens with one attached hydrogen (secondary N) is 1. The first kappa shape index (κ1) is 15.3. The molecule has 0 radical (unpaired) electrons. The lowest BCUT2D eigenvalue weighted by molar-refractivity contribution is 0.188. The Labute approximate surface area is 120 Å². The lowest BCUT2D eigenvalue weighted by Crippen LogP contribution is -2.44. The number of hydrogen-bond donors (Lipinski definition) is 1. The van der Waals surface area contributed by atoms with Gasteiger partial charge in [-0.15, -0.1) is 0 Å². The van der Waals surface area contributed by atoms with Gasteiger partial charge in [0.05, 0.1) is 0 Å². The van der Waals surface area contributed by atoms with Crippen molar-refractivity contribution in [3.8, 4) is 0 Å². The molecule has 0 aromatic rings. The molecule has 2 nitrogen and oxygen atoms in total. The van der Waals surface area contributed by atoms with Gasteiger partial charge in [-0.25, -0.2) is 0 Å². The average molecular weight is 266 g/mol. The zero-order valence-electron chi connectivity index (χ0n) is 13.8. The number of hydrogen-bond acceptors (Lipinski definition) is 2. The number of nitrogens with zero attached hydrogens (tertiary/aromatic N) is 1. The van der Waals surface area contributed by atoms with Crippen molar-refractivity contribution in [3.63, 3.8) is 0 Å². The number of rotatable bonds is 5. The molecule has 1 saturated heterocycles. The Bertz CT molecular complexity index is 294. The van der Waals surface area contributed by atoms with E-state index in [9.17, 15) is 0 Å². The summed E-state index contributed by atoms with van der Waals surface area (Å²) < 4.78 is 0. The molecule has 0 spiro atoms. The summed E-state index contributed by atoms with van der Waals surface area (Å²) in [7, 11) is 2.15. The van der Waals surface area contributed by atoms with Crippen molar-refractivity contribution in [1.82, 2.24) is 10.2 Å². The standard InChI is InChI=1S/C17H34N2/c1-6-17(7-2)10-11-19(13-17)12-14-8-9-16(3,4)15(14)18-5/h14-15,18H,6-13H2,1-5H3. The minimum atomic E-state index is 0.478. The van der Waals surface area contributed by atoms with Gasteiger partial charge in [0.1, 0.15) is 0 Å². The second-order valence-corrected chi connectivity index (χ2v) is 7.75. The highest BCUT2D eigenvalue weighted by molar-refractivity contribution is 4.98. The van der Waals surface area contributed by atoms with Crippen LogP contribution in [0.5, 0.6) is 0 Å². The average Bonchev–Trinajstić information content (AvgIpc) is 2.92. The quantitative estimate of drug-likeness (QED) is 0.819. The van der Waals surface area contributed by atoms with Crippen LogP contribution < -0.4 is 5.32 Å². The minimum absolute atomic E-state index is 0.478. The van der Waals surface area contributed by atoms with Gasteiger partial charge in [0.15, 0.2) is 0 Å². The summed E-state index contributed by atoms with van der Waals surface area (Å²) in [6.07, 6.45) is 6.90. The fourth-order valence-electron chi connectivity index (χ4n) is 4.68. The Balaban J connectivity index is 1.93. The molecule has 1 aliphatic heterocycles. The topological polar surface area (TPSA) is 15.3 Å². The molecule has 0 aromatic heterocycles. The minimum Gasteiger partial charge on any atom is -0.316 e. The molecule has 19 heavy (non-hydrogen) atoms. The first-order valence-corrected chi connectivity index (χ1v) is 8.36. The lowest BCUT2D eigenvalue weighted by Gasteiger charge is -2.33. The van der Waals surface area contributed by atoms with Crippen LogP contribution in [-0.4, -0.2) is 37.6 Å². The van der Waals surface area contributed by atoms with Crippen molar-refractivity contribution in [2.24, 2.45) is 16.7 Å². The highest BCUT2D eigenvalue weighted by Gasteiger charge is 2.43. The van der Waals surface area contributed by atoms with Crippen molar-refractivity contribution in [2.45, 2.75) is 65.8 Å². The number of likely N-dealkylation sites (tertiary alicyclic amines) is 1. The molecule has 112 valence electrons. The van der Waals surface area contributed by atoms with E-state index in [4.69, 9.17) is 0 Å². The molecule has 0 aromatic carbocycles. The predicted octanol–water partition coefficient (Wildman–Crippen LogP) is 3.52. The zero-order chi connectivity index (χ0) is 14.1. The molecule has 2 rings (SSSR count). The maximum absolute atomic E-state index is 3.60. The van der Waals surface area contributed by atoms with Crippen molar-refractivity contribution < 1.29 is 0 Å². The van der Waals surface area contributed by atoms with E-state index in [-0.39, 0.29) is 0 Å². The van der Waals surface area contributed by atoms with Crippen molar-refractivity contribution in [3.05, 3.63) is 0 Å². The molecule has 2 fully saturated rings. The van der Waals surface area contributed by atoms with Gasteiger partial charge in [0, 0.05) is 19.1 Å². The van der Waals surface area contributed by atoms with Gasteiger partial charge in [-0.2, -0.15) is 0 Å². The summed E-state index contributed by atoms with van der Waals surface area (Å²) >= 11 is 0. The Morgan fingerprint density at radius 1 is 1.16 bits per heavy atom. The van der Waals surface area contributed by atoms with Gasteiger partial charge in [-0.05, 0) is 62.4 Å². The van der Waals surface area contributed by atoms with Crippen molar-refractivity contribution in [1.29, 1.82) is 0 Å². The van der Waals surface area contributed by atoms with Crippen LogP contribution in [0.2, 0.25) is 0 Å². The molecule has 0 bridgehead atoms. The zero-order valence-corrected chi connectivity index (χ0v) is 13.8. The maximum atomic E-state index is 3.60.